The Morgan fingerprint density at radius 2 is 1.95 bits per heavy atom. The highest BCUT2D eigenvalue weighted by Gasteiger charge is 2.06. The normalized spacial score (nSPS) is 12.2. The lowest BCUT2D eigenvalue weighted by molar-refractivity contribution is 0.482. The van der Waals surface area contributed by atoms with Crippen LogP contribution >= 0.6 is 23.2 Å². The molecular formula is C15H15Cl2NO. The molecule has 1 unspecified atom stereocenters. The first-order valence-corrected chi connectivity index (χ1v) is 6.77. The zero-order chi connectivity index (χ0) is 13.8. The molecule has 19 heavy (non-hydrogen) atoms. The van der Waals surface area contributed by atoms with E-state index in [4.69, 9.17) is 33.7 Å². The average molecular weight is 296 g/mol. The number of rotatable bonds is 4. The lowest BCUT2D eigenvalue weighted by Gasteiger charge is -2.10. The van der Waals surface area contributed by atoms with Crippen molar-refractivity contribution < 1.29 is 4.74 Å². The topological polar surface area (TPSA) is 35.2 Å². The van der Waals surface area contributed by atoms with Gasteiger partial charge in [-0.05, 0) is 49.2 Å². The summed E-state index contributed by atoms with van der Waals surface area (Å²) in [5.74, 6) is 1.27. The molecule has 2 rings (SSSR count). The van der Waals surface area contributed by atoms with Crippen LogP contribution in [-0.4, -0.2) is 6.04 Å². The van der Waals surface area contributed by atoms with Gasteiger partial charge in [0.1, 0.15) is 11.5 Å². The number of ether oxygens (including phenoxy) is 1. The molecule has 0 saturated heterocycles. The average Bonchev–Trinajstić information content (AvgIpc) is 2.32. The Kier molecular flexibility index (Phi) is 4.70. The molecule has 0 heterocycles. The fourth-order valence-corrected chi connectivity index (χ4v) is 2.21. The standard InChI is InChI=1S/C15H15Cl2NO/c1-10(18)7-11-5-6-15(14(17)8-11)19-13-4-2-3-12(16)9-13/h2-6,8-10H,7,18H2,1H3. The maximum atomic E-state index is 6.20. The van der Waals surface area contributed by atoms with Gasteiger partial charge < -0.3 is 10.5 Å². The molecular weight excluding hydrogens is 281 g/mol. The van der Waals surface area contributed by atoms with Crippen molar-refractivity contribution in [2.45, 2.75) is 19.4 Å². The molecule has 1 atom stereocenters. The van der Waals surface area contributed by atoms with Crippen molar-refractivity contribution >= 4 is 23.2 Å². The first kappa shape index (κ1) is 14.2. The Morgan fingerprint density at radius 1 is 1.16 bits per heavy atom. The zero-order valence-electron chi connectivity index (χ0n) is 10.6. The van der Waals surface area contributed by atoms with Gasteiger partial charge in [-0.2, -0.15) is 0 Å². The van der Waals surface area contributed by atoms with E-state index >= 15 is 0 Å². The summed E-state index contributed by atoms with van der Waals surface area (Å²) in [6.45, 7) is 1.96. The zero-order valence-corrected chi connectivity index (χ0v) is 12.1. The molecule has 2 aromatic carbocycles. The molecule has 0 saturated carbocycles. The third-order valence-corrected chi connectivity index (χ3v) is 3.11. The maximum Gasteiger partial charge on any atom is 0.146 e. The van der Waals surface area contributed by atoms with Crippen LogP contribution in [0.5, 0.6) is 11.5 Å². The van der Waals surface area contributed by atoms with Gasteiger partial charge in [0.05, 0.1) is 5.02 Å². The highest BCUT2D eigenvalue weighted by Crippen LogP contribution is 2.31. The van der Waals surface area contributed by atoms with Crippen LogP contribution in [0.3, 0.4) is 0 Å². The van der Waals surface area contributed by atoms with Crippen LogP contribution in [0.4, 0.5) is 0 Å². The lowest BCUT2D eigenvalue weighted by atomic mass is 10.1. The third kappa shape index (κ3) is 4.13. The molecule has 2 aromatic rings. The van der Waals surface area contributed by atoms with Crippen LogP contribution in [0.2, 0.25) is 10.0 Å². The lowest BCUT2D eigenvalue weighted by Crippen LogP contribution is -2.17. The van der Waals surface area contributed by atoms with Crippen LogP contribution in [0.15, 0.2) is 42.5 Å². The SMILES string of the molecule is CC(N)Cc1ccc(Oc2cccc(Cl)c2)c(Cl)c1. The molecule has 0 aliphatic rings. The molecule has 0 fully saturated rings. The van der Waals surface area contributed by atoms with Crippen LogP contribution < -0.4 is 10.5 Å². The Morgan fingerprint density at radius 3 is 2.58 bits per heavy atom. The van der Waals surface area contributed by atoms with Crippen molar-refractivity contribution in [1.82, 2.24) is 0 Å². The summed E-state index contributed by atoms with van der Waals surface area (Å²) in [5, 5.41) is 1.19. The summed E-state index contributed by atoms with van der Waals surface area (Å²) in [7, 11) is 0. The quantitative estimate of drug-likeness (QED) is 0.889. The van der Waals surface area contributed by atoms with Gasteiger partial charge in [0.2, 0.25) is 0 Å². The molecule has 2 N–H and O–H groups in total. The fourth-order valence-electron chi connectivity index (χ4n) is 1.78. The van der Waals surface area contributed by atoms with Gasteiger partial charge in [-0.25, -0.2) is 0 Å². The summed E-state index contributed by atoms with van der Waals surface area (Å²) >= 11 is 12.1. The van der Waals surface area contributed by atoms with Gasteiger partial charge >= 0.3 is 0 Å². The van der Waals surface area contributed by atoms with E-state index in [1.165, 1.54) is 0 Å². The number of halogens is 2. The summed E-state index contributed by atoms with van der Waals surface area (Å²) in [4.78, 5) is 0. The minimum atomic E-state index is 0.107. The predicted molar refractivity (Wildman–Crippen MR) is 80.3 cm³/mol. The van der Waals surface area contributed by atoms with Gasteiger partial charge in [-0.1, -0.05) is 35.3 Å². The smallest absolute Gasteiger partial charge is 0.146 e. The molecule has 0 amide bonds. The Hall–Kier alpha value is -1.22. The second kappa shape index (κ2) is 6.29. The van der Waals surface area contributed by atoms with Gasteiger partial charge in [-0.15, -0.1) is 0 Å². The van der Waals surface area contributed by atoms with E-state index in [0.717, 1.165) is 12.0 Å². The summed E-state index contributed by atoms with van der Waals surface area (Å²) in [6.07, 6.45) is 0.789. The molecule has 0 aromatic heterocycles. The highest BCUT2D eigenvalue weighted by molar-refractivity contribution is 6.32. The molecule has 0 aliphatic carbocycles. The van der Waals surface area contributed by atoms with Gasteiger partial charge in [0, 0.05) is 11.1 Å². The van der Waals surface area contributed by atoms with Gasteiger partial charge in [0.15, 0.2) is 0 Å². The maximum absolute atomic E-state index is 6.20. The summed E-state index contributed by atoms with van der Waals surface area (Å²) in [6, 6.07) is 13.0. The Bertz CT molecular complexity index is 570. The van der Waals surface area contributed by atoms with E-state index in [-0.39, 0.29) is 6.04 Å². The highest BCUT2D eigenvalue weighted by atomic mass is 35.5. The van der Waals surface area contributed by atoms with Crippen LogP contribution in [0.25, 0.3) is 0 Å². The Labute approximate surface area is 123 Å². The van der Waals surface area contributed by atoms with Crippen molar-refractivity contribution in [3.05, 3.63) is 58.1 Å². The van der Waals surface area contributed by atoms with E-state index in [1.54, 1.807) is 12.1 Å². The van der Waals surface area contributed by atoms with Gasteiger partial charge in [0.25, 0.3) is 0 Å². The molecule has 4 heteroatoms. The molecule has 0 aliphatic heterocycles. The Balaban J connectivity index is 2.17. The number of hydrogen-bond donors (Lipinski definition) is 1. The summed E-state index contributed by atoms with van der Waals surface area (Å²) < 4.78 is 5.70. The van der Waals surface area contributed by atoms with Crippen LogP contribution in [0.1, 0.15) is 12.5 Å². The minimum Gasteiger partial charge on any atom is -0.456 e. The van der Waals surface area contributed by atoms with Crippen molar-refractivity contribution in [3.63, 3.8) is 0 Å². The largest absolute Gasteiger partial charge is 0.456 e. The van der Waals surface area contributed by atoms with E-state index < -0.39 is 0 Å². The fraction of sp³-hybridized carbons (Fsp3) is 0.200. The monoisotopic (exact) mass is 295 g/mol. The van der Waals surface area contributed by atoms with Crippen molar-refractivity contribution in [2.75, 3.05) is 0 Å². The van der Waals surface area contributed by atoms with Crippen LogP contribution in [0, 0.1) is 0 Å². The van der Waals surface area contributed by atoms with Crippen LogP contribution in [-0.2, 0) is 6.42 Å². The number of hydrogen-bond acceptors (Lipinski definition) is 2. The van der Waals surface area contributed by atoms with Crippen molar-refractivity contribution in [3.8, 4) is 11.5 Å². The number of benzene rings is 2. The molecule has 0 bridgehead atoms. The predicted octanol–water partition coefficient (Wildman–Crippen LogP) is 4.68. The minimum absolute atomic E-state index is 0.107. The van der Waals surface area contributed by atoms with E-state index in [1.807, 2.05) is 37.3 Å². The number of nitrogens with two attached hydrogens (primary N) is 1. The molecule has 100 valence electrons. The second-order valence-corrected chi connectivity index (χ2v) is 5.35. The second-order valence-electron chi connectivity index (χ2n) is 4.51. The van der Waals surface area contributed by atoms with E-state index in [2.05, 4.69) is 0 Å². The third-order valence-electron chi connectivity index (χ3n) is 2.58. The summed E-state index contributed by atoms with van der Waals surface area (Å²) in [5.41, 5.74) is 6.86. The van der Waals surface area contributed by atoms with Crippen molar-refractivity contribution in [2.24, 2.45) is 5.73 Å². The molecule has 0 spiro atoms. The molecule has 0 radical (unpaired) electrons. The first-order valence-electron chi connectivity index (χ1n) is 6.02. The van der Waals surface area contributed by atoms with Gasteiger partial charge in [-0.3, -0.25) is 0 Å². The van der Waals surface area contributed by atoms with E-state index in [9.17, 15) is 0 Å². The van der Waals surface area contributed by atoms with Crippen molar-refractivity contribution in [1.29, 1.82) is 0 Å². The first-order chi connectivity index (χ1) is 9.04. The molecule has 2 nitrogen and oxygen atoms in total. The van der Waals surface area contributed by atoms with E-state index in [0.29, 0.717) is 21.5 Å².